The van der Waals surface area contributed by atoms with Crippen LogP contribution >= 0.6 is 0 Å². The Morgan fingerprint density at radius 2 is 1.90 bits per heavy atom. The van der Waals surface area contributed by atoms with Crippen molar-refractivity contribution in [2.45, 2.75) is 38.6 Å². The zero-order chi connectivity index (χ0) is 14.4. The lowest BCUT2D eigenvalue weighted by molar-refractivity contribution is 0.199. The molecule has 4 nitrogen and oxygen atoms in total. The highest BCUT2D eigenvalue weighted by Gasteiger charge is 2.28. The van der Waals surface area contributed by atoms with Gasteiger partial charge in [0, 0.05) is 12.6 Å². The van der Waals surface area contributed by atoms with Gasteiger partial charge in [-0.05, 0) is 43.4 Å². The molecule has 0 bridgehead atoms. The molecule has 0 unspecified atom stereocenters. The van der Waals surface area contributed by atoms with Crippen molar-refractivity contribution in [2.75, 3.05) is 19.7 Å². The van der Waals surface area contributed by atoms with Crippen LogP contribution < -0.4 is 10.2 Å². The van der Waals surface area contributed by atoms with Gasteiger partial charge in [0.2, 0.25) is 0 Å². The summed E-state index contributed by atoms with van der Waals surface area (Å²) in [5, 5.41) is 18.0. The average molecular weight is 277 g/mol. The van der Waals surface area contributed by atoms with Crippen molar-refractivity contribution in [3.8, 4) is 5.75 Å². The van der Waals surface area contributed by atoms with Crippen LogP contribution in [0.15, 0.2) is 24.3 Å². The van der Waals surface area contributed by atoms with Gasteiger partial charge < -0.3 is 14.8 Å². The van der Waals surface area contributed by atoms with E-state index < -0.39 is 7.12 Å². The molecular formula is C15H24BNO3. The van der Waals surface area contributed by atoms with Crippen molar-refractivity contribution in [3.05, 3.63) is 24.3 Å². The fourth-order valence-corrected chi connectivity index (χ4v) is 2.29. The maximum absolute atomic E-state index is 9.02. The summed E-state index contributed by atoms with van der Waals surface area (Å²) in [6.45, 7) is 5.04. The van der Waals surface area contributed by atoms with Crippen LogP contribution in [0, 0.1) is 0 Å². The van der Waals surface area contributed by atoms with E-state index in [1.165, 1.54) is 32.2 Å². The molecule has 5 heteroatoms. The number of ether oxygens (including phenoxy) is 1. The molecule has 1 saturated carbocycles. The Hall–Kier alpha value is -1.04. The van der Waals surface area contributed by atoms with E-state index in [1.54, 1.807) is 24.3 Å². The van der Waals surface area contributed by atoms with Gasteiger partial charge in [-0.2, -0.15) is 0 Å². The first-order valence-electron chi connectivity index (χ1n) is 7.53. The van der Waals surface area contributed by atoms with E-state index in [0.717, 1.165) is 18.3 Å². The van der Waals surface area contributed by atoms with Crippen molar-refractivity contribution >= 4 is 12.6 Å². The monoisotopic (exact) mass is 277 g/mol. The molecule has 110 valence electrons. The van der Waals surface area contributed by atoms with Crippen LogP contribution in [0.2, 0.25) is 0 Å². The van der Waals surface area contributed by atoms with Gasteiger partial charge in [-0.1, -0.05) is 25.5 Å². The number of rotatable bonds is 9. The SMILES string of the molecule is CCCCN(CCOc1ccc(B(O)O)cc1)C1CC1. The van der Waals surface area contributed by atoms with E-state index in [-0.39, 0.29) is 0 Å². The van der Waals surface area contributed by atoms with Gasteiger partial charge in [0.15, 0.2) is 0 Å². The molecule has 2 rings (SSSR count). The molecule has 0 amide bonds. The van der Waals surface area contributed by atoms with Crippen LogP contribution in [0.1, 0.15) is 32.6 Å². The number of unbranched alkanes of at least 4 members (excludes halogenated alkanes) is 1. The lowest BCUT2D eigenvalue weighted by Gasteiger charge is -2.21. The molecule has 2 N–H and O–H groups in total. The molecule has 0 radical (unpaired) electrons. The topological polar surface area (TPSA) is 52.9 Å². The van der Waals surface area contributed by atoms with Crippen LogP contribution in [0.3, 0.4) is 0 Å². The lowest BCUT2D eigenvalue weighted by atomic mass is 9.80. The molecule has 0 aromatic heterocycles. The fourth-order valence-electron chi connectivity index (χ4n) is 2.29. The maximum atomic E-state index is 9.02. The second kappa shape index (κ2) is 7.67. The molecule has 1 aliphatic carbocycles. The van der Waals surface area contributed by atoms with Gasteiger partial charge in [0.1, 0.15) is 12.4 Å². The highest BCUT2D eigenvalue weighted by Crippen LogP contribution is 2.26. The predicted octanol–water partition coefficient (Wildman–Crippen LogP) is 1.01. The van der Waals surface area contributed by atoms with Crippen molar-refractivity contribution in [1.29, 1.82) is 0 Å². The molecule has 1 aromatic rings. The smallest absolute Gasteiger partial charge is 0.488 e. The van der Waals surface area contributed by atoms with E-state index in [4.69, 9.17) is 14.8 Å². The third-order valence-electron chi connectivity index (χ3n) is 3.69. The summed E-state index contributed by atoms with van der Waals surface area (Å²) in [6, 6.07) is 7.69. The van der Waals surface area contributed by atoms with Gasteiger partial charge >= 0.3 is 7.12 Å². The second-order valence-corrected chi connectivity index (χ2v) is 5.41. The summed E-state index contributed by atoms with van der Waals surface area (Å²) in [5.74, 6) is 0.778. The highest BCUT2D eigenvalue weighted by molar-refractivity contribution is 6.58. The molecule has 0 atom stereocenters. The minimum atomic E-state index is -1.41. The van der Waals surface area contributed by atoms with Gasteiger partial charge in [0.25, 0.3) is 0 Å². The highest BCUT2D eigenvalue weighted by atomic mass is 16.5. The Kier molecular flexibility index (Phi) is 5.89. The Labute approximate surface area is 121 Å². The van der Waals surface area contributed by atoms with Crippen LogP contribution in [-0.2, 0) is 0 Å². The predicted molar refractivity (Wildman–Crippen MR) is 81.3 cm³/mol. The summed E-state index contributed by atoms with van der Waals surface area (Å²) in [7, 11) is -1.41. The van der Waals surface area contributed by atoms with Crippen molar-refractivity contribution in [3.63, 3.8) is 0 Å². The lowest BCUT2D eigenvalue weighted by Crippen LogP contribution is -2.31. The van der Waals surface area contributed by atoms with Crippen LogP contribution in [0.5, 0.6) is 5.75 Å². The van der Waals surface area contributed by atoms with E-state index in [1.807, 2.05) is 0 Å². The third-order valence-corrected chi connectivity index (χ3v) is 3.69. The quantitative estimate of drug-likeness (QED) is 0.661. The molecule has 1 fully saturated rings. The summed E-state index contributed by atoms with van der Waals surface area (Å²) >= 11 is 0. The van der Waals surface area contributed by atoms with Gasteiger partial charge in [-0.3, -0.25) is 4.90 Å². The van der Waals surface area contributed by atoms with Crippen LogP contribution in [0.25, 0.3) is 0 Å². The fraction of sp³-hybridized carbons (Fsp3) is 0.600. The van der Waals surface area contributed by atoms with Gasteiger partial charge in [-0.15, -0.1) is 0 Å². The van der Waals surface area contributed by atoms with E-state index in [9.17, 15) is 0 Å². The molecular weight excluding hydrogens is 253 g/mol. The van der Waals surface area contributed by atoms with E-state index in [0.29, 0.717) is 12.1 Å². The minimum absolute atomic E-state index is 0.486. The molecule has 20 heavy (non-hydrogen) atoms. The Morgan fingerprint density at radius 3 is 2.45 bits per heavy atom. The Morgan fingerprint density at radius 1 is 1.20 bits per heavy atom. The van der Waals surface area contributed by atoms with Crippen LogP contribution in [0.4, 0.5) is 0 Å². The maximum Gasteiger partial charge on any atom is 0.488 e. The normalized spacial score (nSPS) is 14.6. The van der Waals surface area contributed by atoms with E-state index >= 15 is 0 Å². The van der Waals surface area contributed by atoms with Gasteiger partial charge in [-0.25, -0.2) is 0 Å². The first kappa shape index (κ1) is 15.4. The minimum Gasteiger partial charge on any atom is -0.492 e. The van der Waals surface area contributed by atoms with Crippen molar-refractivity contribution in [1.82, 2.24) is 4.90 Å². The molecule has 0 spiro atoms. The second-order valence-electron chi connectivity index (χ2n) is 5.41. The van der Waals surface area contributed by atoms with E-state index in [2.05, 4.69) is 11.8 Å². The zero-order valence-corrected chi connectivity index (χ0v) is 12.2. The summed E-state index contributed by atoms with van der Waals surface area (Å²) < 4.78 is 5.72. The Balaban J connectivity index is 1.73. The molecule has 1 aliphatic rings. The zero-order valence-electron chi connectivity index (χ0n) is 12.2. The standard InChI is InChI=1S/C15H24BNO3/c1-2-3-10-17(14-6-7-14)11-12-20-15-8-4-13(5-9-15)16(18)19/h4-5,8-9,14,18-19H,2-3,6-7,10-12H2,1H3. The largest absolute Gasteiger partial charge is 0.492 e. The number of nitrogens with zero attached hydrogens (tertiary/aromatic N) is 1. The Bertz CT molecular complexity index is 393. The number of benzene rings is 1. The van der Waals surface area contributed by atoms with Crippen molar-refractivity contribution in [2.24, 2.45) is 0 Å². The summed E-state index contributed by atoms with van der Waals surface area (Å²) in [4.78, 5) is 2.52. The molecule has 0 saturated heterocycles. The molecule has 1 aromatic carbocycles. The number of hydrogen-bond donors (Lipinski definition) is 2. The summed E-state index contributed by atoms with van der Waals surface area (Å²) in [6.07, 6.45) is 5.13. The van der Waals surface area contributed by atoms with Crippen LogP contribution in [-0.4, -0.2) is 47.8 Å². The summed E-state index contributed by atoms with van der Waals surface area (Å²) in [5.41, 5.74) is 0.486. The number of hydrogen-bond acceptors (Lipinski definition) is 4. The first-order valence-corrected chi connectivity index (χ1v) is 7.53. The first-order chi connectivity index (χ1) is 9.70. The van der Waals surface area contributed by atoms with Gasteiger partial charge in [0.05, 0.1) is 0 Å². The molecule has 0 heterocycles. The van der Waals surface area contributed by atoms with Crippen molar-refractivity contribution < 1.29 is 14.8 Å². The molecule has 0 aliphatic heterocycles. The average Bonchev–Trinajstić information content (AvgIpc) is 3.27. The third kappa shape index (κ3) is 4.82.